The molecule has 2 aromatic rings. The molecule has 1 aromatic heterocycles. The van der Waals surface area contributed by atoms with Crippen LogP contribution in [0, 0.1) is 0 Å². The fourth-order valence-corrected chi connectivity index (χ4v) is 3.27. The molecule has 0 spiro atoms. The van der Waals surface area contributed by atoms with Crippen molar-refractivity contribution in [2.24, 2.45) is 4.99 Å². The van der Waals surface area contributed by atoms with Crippen LogP contribution in [0.25, 0.3) is 0 Å². The van der Waals surface area contributed by atoms with Gasteiger partial charge in [0.25, 0.3) is 0 Å². The summed E-state index contributed by atoms with van der Waals surface area (Å²) in [7, 11) is 5.70. The first-order chi connectivity index (χ1) is 12.8. The van der Waals surface area contributed by atoms with Gasteiger partial charge in [-0.1, -0.05) is 24.3 Å². The van der Waals surface area contributed by atoms with Crippen LogP contribution >= 0.6 is 11.3 Å². The molecule has 0 unspecified atom stereocenters. The van der Waals surface area contributed by atoms with Crippen molar-refractivity contribution < 1.29 is 13.2 Å². The van der Waals surface area contributed by atoms with Crippen LogP contribution in [-0.2, 0) is 25.7 Å². The molecule has 0 fully saturated rings. The number of nitrogens with one attached hydrogen (secondary N) is 2. The Morgan fingerprint density at radius 1 is 1.19 bits per heavy atom. The van der Waals surface area contributed by atoms with Gasteiger partial charge in [-0.3, -0.25) is 4.99 Å². The molecule has 2 rings (SSSR count). The van der Waals surface area contributed by atoms with E-state index in [1.54, 1.807) is 7.05 Å². The minimum atomic E-state index is -4.39. The maximum absolute atomic E-state index is 12.6. The summed E-state index contributed by atoms with van der Waals surface area (Å²) >= 11 is 1.02. The molecule has 0 radical (unpaired) electrons. The molecule has 5 nitrogen and oxygen atoms in total. The second-order valence-corrected chi connectivity index (χ2v) is 7.18. The van der Waals surface area contributed by atoms with Crippen LogP contribution in [0.5, 0.6) is 0 Å². The minimum absolute atomic E-state index is 0.401. The molecule has 148 valence electrons. The van der Waals surface area contributed by atoms with E-state index in [1.807, 2.05) is 26.2 Å². The van der Waals surface area contributed by atoms with Gasteiger partial charge in [-0.15, -0.1) is 11.3 Å². The monoisotopic (exact) mass is 399 g/mol. The third-order valence-electron chi connectivity index (χ3n) is 3.75. The number of halogens is 3. The fourth-order valence-electron chi connectivity index (χ4n) is 2.47. The highest BCUT2D eigenvalue weighted by molar-refractivity contribution is 7.09. The Balaban J connectivity index is 1.84. The van der Waals surface area contributed by atoms with Crippen molar-refractivity contribution in [2.45, 2.75) is 25.7 Å². The average molecular weight is 399 g/mol. The number of nitrogens with zero attached hydrogens (tertiary/aromatic N) is 3. The van der Waals surface area contributed by atoms with Crippen LogP contribution in [0.3, 0.4) is 0 Å². The van der Waals surface area contributed by atoms with Gasteiger partial charge in [0.1, 0.15) is 0 Å². The number of thiazole rings is 1. The Kier molecular flexibility index (Phi) is 7.61. The summed E-state index contributed by atoms with van der Waals surface area (Å²) in [4.78, 5) is 9.89. The number of hydrogen-bond acceptors (Lipinski definition) is 4. The van der Waals surface area contributed by atoms with E-state index >= 15 is 0 Å². The predicted octanol–water partition coefficient (Wildman–Crippen LogP) is 3.13. The summed E-state index contributed by atoms with van der Waals surface area (Å²) in [5.74, 6) is 0.599. The second-order valence-electron chi connectivity index (χ2n) is 6.23. The summed E-state index contributed by atoms with van der Waals surface area (Å²) in [6, 6.07) is 8.16. The molecule has 0 atom stereocenters. The van der Waals surface area contributed by atoms with Crippen molar-refractivity contribution >= 4 is 17.3 Å². The molecule has 0 aliphatic heterocycles. The Bertz CT molecular complexity index is 755. The normalized spacial score (nSPS) is 12.5. The number of rotatable bonds is 7. The fraction of sp³-hybridized carbons (Fsp3) is 0.444. The number of aliphatic imine (C=N–C) groups is 1. The molecule has 0 aliphatic rings. The standard InChI is InChI=1S/C18H24F3N5S/c1-22-17(23-9-8-16-25-15(12-27-16)18(19,20)21)24-10-13-6-4-5-7-14(13)11-26(2)3/h4-7,12H,8-11H2,1-3H3,(H2,22,23,24). The van der Waals surface area contributed by atoms with E-state index in [0.717, 1.165) is 23.3 Å². The molecule has 0 saturated carbocycles. The molecule has 2 N–H and O–H groups in total. The van der Waals surface area contributed by atoms with Crippen LogP contribution in [0.1, 0.15) is 21.8 Å². The van der Waals surface area contributed by atoms with Gasteiger partial charge >= 0.3 is 6.18 Å². The van der Waals surface area contributed by atoms with Crippen LogP contribution in [-0.4, -0.2) is 43.5 Å². The number of aromatic nitrogens is 1. The summed E-state index contributed by atoms with van der Waals surface area (Å²) in [5.41, 5.74) is 1.57. The van der Waals surface area contributed by atoms with Crippen molar-refractivity contribution in [3.05, 3.63) is 51.5 Å². The van der Waals surface area contributed by atoms with Gasteiger partial charge < -0.3 is 15.5 Å². The molecule has 1 aromatic carbocycles. The van der Waals surface area contributed by atoms with Crippen molar-refractivity contribution in [3.8, 4) is 0 Å². The van der Waals surface area contributed by atoms with E-state index in [1.165, 1.54) is 11.1 Å². The van der Waals surface area contributed by atoms with Crippen LogP contribution in [0.15, 0.2) is 34.6 Å². The van der Waals surface area contributed by atoms with Gasteiger partial charge in [-0.25, -0.2) is 4.98 Å². The van der Waals surface area contributed by atoms with Gasteiger partial charge in [-0.2, -0.15) is 13.2 Å². The number of hydrogen-bond donors (Lipinski definition) is 2. The first-order valence-electron chi connectivity index (χ1n) is 8.47. The number of benzene rings is 1. The van der Waals surface area contributed by atoms with E-state index in [2.05, 4.69) is 37.6 Å². The lowest BCUT2D eigenvalue weighted by atomic mass is 10.1. The van der Waals surface area contributed by atoms with Gasteiger partial charge in [-0.05, 0) is 25.2 Å². The van der Waals surface area contributed by atoms with E-state index in [4.69, 9.17) is 0 Å². The molecule has 0 amide bonds. The SMILES string of the molecule is CN=C(NCCc1nc(C(F)(F)F)cs1)NCc1ccccc1CN(C)C. The largest absolute Gasteiger partial charge is 0.434 e. The van der Waals surface area contributed by atoms with Gasteiger partial charge in [0.2, 0.25) is 0 Å². The molecule has 1 heterocycles. The highest BCUT2D eigenvalue weighted by atomic mass is 32.1. The third kappa shape index (κ3) is 6.84. The van der Waals surface area contributed by atoms with Crippen LogP contribution < -0.4 is 10.6 Å². The molecule has 0 bridgehead atoms. The highest BCUT2D eigenvalue weighted by Crippen LogP contribution is 2.29. The van der Waals surface area contributed by atoms with E-state index < -0.39 is 11.9 Å². The molecule has 9 heteroatoms. The number of alkyl halides is 3. The molecule has 0 saturated heterocycles. The van der Waals surface area contributed by atoms with E-state index in [9.17, 15) is 13.2 Å². The molecular formula is C18H24F3N5S. The minimum Gasteiger partial charge on any atom is -0.356 e. The maximum Gasteiger partial charge on any atom is 0.434 e. The Labute approximate surface area is 161 Å². The van der Waals surface area contributed by atoms with Gasteiger partial charge in [0.15, 0.2) is 11.7 Å². The lowest BCUT2D eigenvalue weighted by Crippen LogP contribution is -2.38. The molecular weight excluding hydrogens is 375 g/mol. The van der Waals surface area contributed by atoms with Gasteiger partial charge in [0.05, 0.1) is 5.01 Å². The summed E-state index contributed by atoms with van der Waals surface area (Å²) in [5, 5.41) is 7.84. The summed E-state index contributed by atoms with van der Waals surface area (Å²) in [6.07, 6.45) is -3.99. The molecule has 27 heavy (non-hydrogen) atoms. The second kappa shape index (κ2) is 9.70. The highest BCUT2D eigenvalue weighted by Gasteiger charge is 2.33. The zero-order valence-electron chi connectivity index (χ0n) is 15.6. The average Bonchev–Trinajstić information content (AvgIpc) is 3.08. The summed E-state index contributed by atoms with van der Waals surface area (Å²) in [6.45, 7) is 1.90. The Morgan fingerprint density at radius 3 is 2.48 bits per heavy atom. The van der Waals surface area contributed by atoms with E-state index in [-0.39, 0.29) is 0 Å². The first kappa shape index (κ1) is 21.2. The van der Waals surface area contributed by atoms with Crippen molar-refractivity contribution in [1.29, 1.82) is 0 Å². The van der Waals surface area contributed by atoms with Crippen molar-refractivity contribution in [2.75, 3.05) is 27.7 Å². The lowest BCUT2D eigenvalue weighted by Gasteiger charge is -2.16. The smallest absolute Gasteiger partial charge is 0.356 e. The number of guanidine groups is 1. The van der Waals surface area contributed by atoms with Gasteiger partial charge in [0, 0.05) is 38.5 Å². The maximum atomic E-state index is 12.6. The lowest BCUT2D eigenvalue weighted by molar-refractivity contribution is -0.140. The van der Waals surface area contributed by atoms with Crippen molar-refractivity contribution in [1.82, 2.24) is 20.5 Å². The quantitative estimate of drug-likeness (QED) is 0.555. The predicted molar refractivity (Wildman–Crippen MR) is 103 cm³/mol. The Hall–Kier alpha value is -2.13. The van der Waals surface area contributed by atoms with Crippen LogP contribution in [0.2, 0.25) is 0 Å². The van der Waals surface area contributed by atoms with Crippen molar-refractivity contribution in [3.63, 3.8) is 0 Å². The van der Waals surface area contributed by atoms with E-state index in [0.29, 0.717) is 30.5 Å². The van der Waals surface area contributed by atoms with Crippen LogP contribution in [0.4, 0.5) is 13.2 Å². The third-order valence-corrected chi connectivity index (χ3v) is 4.66. The summed E-state index contributed by atoms with van der Waals surface area (Å²) < 4.78 is 37.7. The Morgan fingerprint density at radius 2 is 1.89 bits per heavy atom. The molecule has 0 aliphatic carbocycles. The first-order valence-corrected chi connectivity index (χ1v) is 9.35. The zero-order chi connectivity index (χ0) is 19.9. The topological polar surface area (TPSA) is 52.6 Å². The zero-order valence-corrected chi connectivity index (χ0v) is 16.4.